The number of hydrogen-bond donors (Lipinski definition) is 2. The van der Waals surface area contributed by atoms with Crippen LogP contribution in [0.2, 0.25) is 0 Å². The summed E-state index contributed by atoms with van der Waals surface area (Å²) in [7, 11) is 2.19. The van der Waals surface area contributed by atoms with Crippen LogP contribution in [0.1, 0.15) is 31.7 Å². The van der Waals surface area contributed by atoms with E-state index in [1.165, 1.54) is 11.3 Å². The molecule has 1 aromatic rings. The van der Waals surface area contributed by atoms with Crippen molar-refractivity contribution in [1.82, 2.24) is 4.90 Å². The average molecular weight is 326 g/mol. The number of fused-ring (bicyclic) bond motifs is 2. The number of likely N-dealkylation sites (N-methyl/N-ethyl adjacent to an activating group) is 1. The molecule has 1 aromatic carbocycles. The highest BCUT2D eigenvalue weighted by molar-refractivity contribution is 5.67. The number of hydrogen-bond acceptors (Lipinski definition) is 4. The minimum Gasteiger partial charge on any atom is -0.392 e. The summed E-state index contributed by atoms with van der Waals surface area (Å²) in [5.74, 6) is 1.14. The predicted octanol–water partition coefficient (Wildman–Crippen LogP) is 1.55. The van der Waals surface area contributed by atoms with Crippen molar-refractivity contribution in [2.45, 2.75) is 62.1 Å². The van der Waals surface area contributed by atoms with Crippen molar-refractivity contribution in [2.75, 3.05) is 11.9 Å². The molecule has 6 aliphatic rings. The number of para-hydroxylation sites is 1. The quantitative estimate of drug-likeness (QED) is 0.822. The van der Waals surface area contributed by atoms with Crippen LogP contribution in [0.5, 0.6) is 0 Å². The van der Waals surface area contributed by atoms with E-state index in [9.17, 15) is 10.2 Å². The fourth-order valence-corrected chi connectivity index (χ4v) is 7.88. The number of nitrogens with zero attached hydrogens (tertiary/aromatic N) is 2. The summed E-state index contributed by atoms with van der Waals surface area (Å²) in [6.45, 7) is 2.19. The van der Waals surface area contributed by atoms with Gasteiger partial charge in [0.05, 0.1) is 12.1 Å². The number of benzene rings is 1. The zero-order chi connectivity index (χ0) is 16.4. The third-order valence-electron chi connectivity index (χ3n) is 8.46. The maximum atomic E-state index is 11.6. The van der Waals surface area contributed by atoms with Crippen molar-refractivity contribution in [3.63, 3.8) is 0 Å². The van der Waals surface area contributed by atoms with E-state index < -0.39 is 0 Å². The molecule has 5 bridgehead atoms. The summed E-state index contributed by atoms with van der Waals surface area (Å²) < 4.78 is 0. The van der Waals surface area contributed by atoms with Gasteiger partial charge in [-0.1, -0.05) is 25.1 Å². The molecule has 128 valence electrons. The molecule has 3 unspecified atom stereocenters. The SMILES string of the molecule is CC[C@H]1[C@@H]2C[C@H]3[C@@H]4N(C)c5ccccc5[C@]45CC(C2[C@@H]5O)N3[C@@H]1O. The lowest BCUT2D eigenvalue weighted by molar-refractivity contribution is -0.211. The summed E-state index contributed by atoms with van der Waals surface area (Å²) in [6.07, 6.45) is 2.56. The van der Waals surface area contributed by atoms with Crippen LogP contribution in [-0.4, -0.2) is 52.6 Å². The van der Waals surface area contributed by atoms with Gasteiger partial charge in [-0.05, 0) is 36.8 Å². The molecule has 1 aliphatic carbocycles. The first-order valence-corrected chi connectivity index (χ1v) is 9.57. The number of aliphatic hydroxyl groups is 2. The third-order valence-corrected chi connectivity index (χ3v) is 8.46. The van der Waals surface area contributed by atoms with Crippen molar-refractivity contribution in [3.05, 3.63) is 29.8 Å². The van der Waals surface area contributed by atoms with E-state index in [1.807, 2.05) is 0 Å². The van der Waals surface area contributed by atoms with Crippen molar-refractivity contribution >= 4 is 5.69 Å². The van der Waals surface area contributed by atoms with Crippen LogP contribution in [0.15, 0.2) is 24.3 Å². The standard InChI is InChI=1S/C20H26N2O2/c1-3-10-11-8-14-17-20(12-6-4-5-7-13(12)21(17)2)9-15(16(11)18(20)23)22(14)19(10)24/h4-7,10-11,14-19,23-24H,3,8-9H2,1-2H3/t10-,11-,14-,15?,16?,17-,18-,19+,20+/m0/s1. The van der Waals surface area contributed by atoms with Gasteiger partial charge < -0.3 is 15.1 Å². The first kappa shape index (κ1) is 14.1. The van der Waals surface area contributed by atoms with Crippen molar-refractivity contribution in [3.8, 4) is 0 Å². The largest absolute Gasteiger partial charge is 0.392 e. The lowest BCUT2D eigenvalue weighted by atomic mass is 9.62. The Hall–Kier alpha value is -1.10. The maximum absolute atomic E-state index is 11.6. The normalized spacial score (nSPS) is 55.8. The van der Waals surface area contributed by atoms with E-state index in [2.05, 4.69) is 48.0 Å². The molecule has 5 fully saturated rings. The Morgan fingerprint density at radius 1 is 1.21 bits per heavy atom. The fraction of sp³-hybridized carbons (Fsp3) is 0.700. The predicted molar refractivity (Wildman–Crippen MR) is 91.7 cm³/mol. The highest BCUT2D eigenvalue weighted by Gasteiger charge is 2.76. The number of aliphatic hydroxyl groups excluding tert-OH is 2. The van der Waals surface area contributed by atoms with Crippen molar-refractivity contribution in [2.24, 2.45) is 17.8 Å². The van der Waals surface area contributed by atoms with Crippen LogP contribution >= 0.6 is 0 Å². The zero-order valence-electron chi connectivity index (χ0n) is 14.3. The molecule has 4 heteroatoms. The van der Waals surface area contributed by atoms with Crippen molar-refractivity contribution in [1.29, 1.82) is 0 Å². The van der Waals surface area contributed by atoms with Crippen LogP contribution < -0.4 is 4.90 Å². The van der Waals surface area contributed by atoms with Crippen LogP contribution in [-0.2, 0) is 5.41 Å². The van der Waals surface area contributed by atoms with Gasteiger partial charge in [-0.25, -0.2) is 0 Å². The van der Waals surface area contributed by atoms with Gasteiger partial charge >= 0.3 is 0 Å². The van der Waals surface area contributed by atoms with Crippen molar-refractivity contribution < 1.29 is 10.2 Å². The van der Waals surface area contributed by atoms with Crippen LogP contribution in [0.4, 0.5) is 5.69 Å². The molecular formula is C20H26N2O2. The average Bonchev–Trinajstić information content (AvgIpc) is 2.97. The monoisotopic (exact) mass is 326 g/mol. The molecule has 0 amide bonds. The van der Waals surface area contributed by atoms with Gasteiger partial charge in [0.2, 0.25) is 0 Å². The Kier molecular flexibility index (Phi) is 2.45. The Labute approximate surface area is 143 Å². The highest BCUT2D eigenvalue weighted by Crippen LogP contribution is 2.68. The highest BCUT2D eigenvalue weighted by atomic mass is 16.3. The molecule has 7 rings (SSSR count). The van der Waals surface area contributed by atoms with Crippen LogP contribution in [0.3, 0.4) is 0 Å². The second-order valence-electron chi connectivity index (χ2n) is 8.81. The van der Waals surface area contributed by atoms with E-state index in [-0.39, 0.29) is 17.7 Å². The van der Waals surface area contributed by atoms with E-state index in [4.69, 9.17) is 0 Å². The van der Waals surface area contributed by atoms with Gasteiger partial charge in [-0.2, -0.15) is 0 Å². The van der Waals surface area contributed by atoms with E-state index >= 15 is 0 Å². The minimum absolute atomic E-state index is 0.126. The molecular weight excluding hydrogens is 300 g/mol. The van der Waals surface area contributed by atoms with Gasteiger partial charge in [0.1, 0.15) is 6.23 Å². The third kappa shape index (κ3) is 1.20. The first-order valence-electron chi connectivity index (χ1n) is 9.57. The van der Waals surface area contributed by atoms with Crippen LogP contribution in [0, 0.1) is 17.8 Å². The first-order chi connectivity index (χ1) is 11.6. The summed E-state index contributed by atoms with van der Waals surface area (Å²) in [6, 6.07) is 9.70. The van der Waals surface area contributed by atoms with E-state index in [1.54, 1.807) is 0 Å². The molecule has 10 atom stereocenters. The molecule has 4 nitrogen and oxygen atoms in total. The summed E-state index contributed by atoms with van der Waals surface area (Å²) in [5.41, 5.74) is 2.51. The van der Waals surface area contributed by atoms with Gasteiger partial charge in [0.25, 0.3) is 0 Å². The lowest BCUT2D eigenvalue weighted by Crippen LogP contribution is -2.72. The summed E-state index contributed by atoms with van der Waals surface area (Å²) in [5, 5.41) is 22.6. The summed E-state index contributed by atoms with van der Waals surface area (Å²) in [4.78, 5) is 4.83. The van der Waals surface area contributed by atoms with Gasteiger partial charge in [0, 0.05) is 42.1 Å². The molecule has 1 spiro atoms. The lowest BCUT2D eigenvalue weighted by Gasteiger charge is -2.62. The molecule has 4 saturated heterocycles. The summed E-state index contributed by atoms with van der Waals surface area (Å²) >= 11 is 0. The topological polar surface area (TPSA) is 46.9 Å². The Bertz CT molecular complexity index is 723. The molecule has 2 N–H and O–H groups in total. The van der Waals surface area contributed by atoms with Gasteiger partial charge in [-0.15, -0.1) is 0 Å². The Morgan fingerprint density at radius 2 is 2.00 bits per heavy atom. The molecule has 24 heavy (non-hydrogen) atoms. The Balaban J connectivity index is 1.60. The van der Waals surface area contributed by atoms with Gasteiger partial charge in [-0.3, -0.25) is 4.90 Å². The molecule has 0 aromatic heterocycles. The number of anilines is 1. The molecule has 0 radical (unpaired) electrons. The van der Waals surface area contributed by atoms with E-state index in [0.29, 0.717) is 35.9 Å². The molecule has 5 heterocycles. The Morgan fingerprint density at radius 3 is 2.79 bits per heavy atom. The smallest absolute Gasteiger partial charge is 0.111 e. The minimum atomic E-state index is -0.319. The number of piperidine rings is 4. The van der Waals surface area contributed by atoms with Gasteiger partial charge in [0.15, 0.2) is 0 Å². The molecule has 1 saturated carbocycles. The van der Waals surface area contributed by atoms with E-state index in [0.717, 1.165) is 19.3 Å². The fourth-order valence-electron chi connectivity index (χ4n) is 7.88. The van der Waals surface area contributed by atoms with Crippen LogP contribution in [0.25, 0.3) is 0 Å². The second-order valence-corrected chi connectivity index (χ2v) is 8.81. The zero-order valence-corrected chi connectivity index (χ0v) is 14.3. The second kappa shape index (κ2) is 4.17. The number of rotatable bonds is 1. The molecule has 5 aliphatic heterocycles. The maximum Gasteiger partial charge on any atom is 0.111 e.